The Hall–Kier alpha value is -0.911. The maximum absolute atomic E-state index is 12.9. The van der Waals surface area contributed by atoms with Gasteiger partial charge in [0, 0.05) is 0 Å². The van der Waals surface area contributed by atoms with Crippen molar-refractivity contribution in [3.05, 3.63) is 29.8 Å². The van der Waals surface area contributed by atoms with Crippen LogP contribution < -0.4 is 10.1 Å². The van der Waals surface area contributed by atoms with Gasteiger partial charge in [-0.3, -0.25) is 0 Å². The van der Waals surface area contributed by atoms with Crippen molar-refractivity contribution in [2.45, 2.75) is 103 Å². The summed E-state index contributed by atoms with van der Waals surface area (Å²) in [5.41, 5.74) is 0.726. The molecule has 1 amide bonds. The average Bonchev–Trinajstić information content (AvgIpc) is 2.71. The Morgan fingerprint density at radius 1 is 0.933 bits per heavy atom. The maximum atomic E-state index is 12.9. The summed E-state index contributed by atoms with van der Waals surface area (Å²) in [7, 11) is 1.69. The number of unbranched alkanes of at least 4 members (excludes halogenated alkanes) is 3. The number of amides is 1. The monoisotopic (exact) mass is 527 g/mol. The Morgan fingerprint density at radius 3 is 1.77 bits per heavy atom. The number of hydrogen-bond donors (Lipinski definition) is 1. The number of rotatable bonds is 13. The van der Waals surface area contributed by atoms with Crippen molar-refractivity contribution in [2.24, 2.45) is 0 Å². The van der Waals surface area contributed by atoms with E-state index in [1.54, 1.807) is 7.11 Å². The first-order valence-corrected chi connectivity index (χ1v) is 19.5. The molecule has 0 saturated heterocycles. The molecule has 1 aromatic carbocycles. The van der Waals surface area contributed by atoms with E-state index in [0.29, 0.717) is 0 Å². The molecule has 5 heteroatoms. The molecule has 1 aromatic rings. The molecule has 0 saturated carbocycles. The van der Waals surface area contributed by atoms with E-state index >= 15 is 0 Å². The third-order valence-electron chi connectivity index (χ3n) is 5.81. The van der Waals surface area contributed by atoms with Crippen LogP contribution in [-0.2, 0) is 4.74 Å². The second kappa shape index (κ2) is 13.5. The van der Waals surface area contributed by atoms with Crippen LogP contribution in [0.3, 0.4) is 0 Å². The van der Waals surface area contributed by atoms with Crippen LogP contribution in [0.25, 0.3) is 0 Å². The molecule has 0 aliphatic rings. The molecular formula is C25H45NO3Sn. The molecule has 0 spiro atoms. The van der Waals surface area contributed by atoms with Crippen molar-refractivity contribution in [2.75, 3.05) is 7.11 Å². The average molecular weight is 526 g/mol. The molecule has 1 N–H and O–H groups in total. The molecule has 30 heavy (non-hydrogen) atoms. The molecule has 1 atom stereocenters. The summed E-state index contributed by atoms with van der Waals surface area (Å²) in [4.78, 5) is 12.9. The first-order chi connectivity index (χ1) is 14.2. The number of carbonyl (C=O) groups is 1. The molecule has 172 valence electrons. The minimum absolute atomic E-state index is 0.129. The van der Waals surface area contributed by atoms with E-state index < -0.39 is 24.0 Å². The van der Waals surface area contributed by atoms with Crippen molar-refractivity contribution < 1.29 is 14.3 Å². The number of nitrogens with one attached hydrogen (secondary N) is 1. The van der Waals surface area contributed by atoms with Gasteiger partial charge in [0.2, 0.25) is 0 Å². The molecule has 4 nitrogen and oxygen atoms in total. The summed E-state index contributed by atoms with van der Waals surface area (Å²) in [5.74, 6) is 0.853. The van der Waals surface area contributed by atoms with Crippen LogP contribution >= 0.6 is 0 Å². The van der Waals surface area contributed by atoms with E-state index in [-0.39, 0.29) is 10.2 Å². The second-order valence-corrected chi connectivity index (χ2v) is 23.2. The predicted molar refractivity (Wildman–Crippen MR) is 130 cm³/mol. The molecule has 0 fully saturated rings. The Labute approximate surface area is 189 Å². The topological polar surface area (TPSA) is 47.6 Å². The zero-order valence-electron chi connectivity index (χ0n) is 20.5. The van der Waals surface area contributed by atoms with Gasteiger partial charge in [0.1, 0.15) is 0 Å². The molecule has 0 aliphatic heterocycles. The quantitative estimate of drug-likeness (QED) is 0.269. The van der Waals surface area contributed by atoms with Gasteiger partial charge >= 0.3 is 190 Å². The van der Waals surface area contributed by atoms with Gasteiger partial charge in [-0.25, -0.2) is 0 Å². The van der Waals surface area contributed by atoms with Crippen molar-refractivity contribution in [3.8, 4) is 5.75 Å². The number of benzene rings is 1. The standard InChI is InChI=1S/C13H18NO3.3C4H9.Sn/c1-13(2,3)17-12(15)14-9-10-5-7-11(16-4)8-6-10;3*1-3-4-2;/h5-9H,1-4H3,(H,14,15);3*1,3-4H2,2H3;. The fraction of sp³-hybridized carbons (Fsp3) is 0.720. The van der Waals surface area contributed by atoms with E-state index in [1.165, 1.54) is 57.4 Å². The number of ether oxygens (including phenoxy) is 2. The van der Waals surface area contributed by atoms with Crippen molar-refractivity contribution in [1.82, 2.24) is 5.32 Å². The van der Waals surface area contributed by atoms with Crippen LogP contribution in [0.2, 0.25) is 13.3 Å². The number of methoxy groups -OCH3 is 1. The summed E-state index contributed by atoms with van der Waals surface area (Å²) < 4.78 is 15.2. The first-order valence-electron chi connectivity index (χ1n) is 11.8. The van der Waals surface area contributed by atoms with Crippen molar-refractivity contribution >= 4 is 24.5 Å². The van der Waals surface area contributed by atoms with Crippen LogP contribution in [-0.4, -0.2) is 37.2 Å². The van der Waals surface area contributed by atoms with Gasteiger partial charge in [-0.15, -0.1) is 0 Å². The molecular weight excluding hydrogens is 481 g/mol. The molecule has 0 aliphatic carbocycles. The Balaban J connectivity index is 3.40. The van der Waals surface area contributed by atoms with Crippen molar-refractivity contribution in [3.63, 3.8) is 0 Å². The summed E-state index contributed by atoms with van der Waals surface area (Å²) in [6, 6.07) is 8.34. The normalized spacial score (nSPS) is 13.0. The van der Waals surface area contributed by atoms with Gasteiger partial charge in [0.05, 0.1) is 0 Å². The van der Waals surface area contributed by atoms with Crippen LogP contribution in [0.15, 0.2) is 24.3 Å². The summed E-state index contributed by atoms with van der Waals surface area (Å²) >= 11 is -2.80. The van der Waals surface area contributed by atoms with E-state index in [9.17, 15) is 4.79 Å². The van der Waals surface area contributed by atoms with Crippen molar-refractivity contribution in [1.29, 1.82) is 0 Å². The molecule has 1 unspecified atom stereocenters. The number of hydrogen-bond acceptors (Lipinski definition) is 3. The summed E-state index contributed by atoms with van der Waals surface area (Å²) in [5, 5.41) is 3.39. The summed E-state index contributed by atoms with van der Waals surface area (Å²) in [6.45, 7) is 12.6. The zero-order valence-corrected chi connectivity index (χ0v) is 23.3. The zero-order chi connectivity index (χ0) is 22.6. The summed E-state index contributed by atoms with van der Waals surface area (Å²) in [6.07, 6.45) is 7.11. The van der Waals surface area contributed by atoms with E-state index in [0.717, 1.165) is 5.75 Å². The SMILES string of the molecule is CCC[CH2][Sn]([CH2]CCC)([CH2]CCC)[CH](NC(=O)OC(C)(C)C)c1ccc(OC)cc1. The van der Waals surface area contributed by atoms with Gasteiger partial charge in [-0.1, -0.05) is 0 Å². The van der Waals surface area contributed by atoms with Gasteiger partial charge < -0.3 is 0 Å². The van der Waals surface area contributed by atoms with Gasteiger partial charge in [-0.05, 0) is 0 Å². The Morgan fingerprint density at radius 2 is 1.40 bits per heavy atom. The van der Waals surface area contributed by atoms with Gasteiger partial charge in [-0.2, -0.15) is 0 Å². The number of carbonyl (C=O) groups excluding carboxylic acids is 1. The van der Waals surface area contributed by atoms with Crippen LogP contribution in [0.5, 0.6) is 5.75 Å². The predicted octanol–water partition coefficient (Wildman–Crippen LogP) is 7.65. The van der Waals surface area contributed by atoms with Crippen LogP contribution in [0, 0.1) is 0 Å². The molecule has 0 aromatic heterocycles. The van der Waals surface area contributed by atoms with Crippen LogP contribution in [0.4, 0.5) is 4.79 Å². The molecule has 0 radical (unpaired) electrons. The Kier molecular flexibility index (Phi) is 12.2. The first kappa shape index (κ1) is 27.1. The van der Waals surface area contributed by atoms with Gasteiger partial charge in [0.25, 0.3) is 0 Å². The fourth-order valence-corrected chi connectivity index (χ4v) is 21.7. The molecule has 1 rings (SSSR count). The van der Waals surface area contributed by atoms with E-state index in [1.807, 2.05) is 32.9 Å². The van der Waals surface area contributed by atoms with E-state index in [2.05, 4.69) is 38.2 Å². The molecule has 0 heterocycles. The van der Waals surface area contributed by atoms with E-state index in [4.69, 9.17) is 9.47 Å². The molecule has 0 bridgehead atoms. The second-order valence-electron chi connectivity index (χ2n) is 9.53. The van der Waals surface area contributed by atoms with Gasteiger partial charge in [0.15, 0.2) is 0 Å². The fourth-order valence-electron chi connectivity index (χ4n) is 4.21. The minimum atomic E-state index is -2.80. The van der Waals surface area contributed by atoms with Crippen LogP contribution in [0.1, 0.15) is 89.7 Å². The third kappa shape index (κ3) is 9.07. The third-order valence-corrected chi connectivity index (χ3v) is 22.2. The number of alkyl carbamates (subject to hydrolysis) is 1. The Bertz CT molecular complexity index is 588.